The Morgan fingerprint density at radius 1 is 1.53 bits per heavy atom. The molecule has 4 nitrogen and oxygen atoms in total. The molecule has 2 rings (SSSR count). The van der Waals surface area contributed by atoms with Crippen molar-refractivity contribution in [2.24, 2.45) is 0 Å². The Bertz CT molecular complexity index is 448. The summed E-state index contributed by atoms with van der Waals surface area (Å²) in [4.78, 5) is 17.3. The maximum absolute atomic E-state index is 11.2. The second kappa shape index (κ2) is 3.70. The van der Waals surface area contributed by atoms with Gasteiger partial charge in [0.2, 0.25) is 0 Å². The SMILES string of the molecule is Cc1ccc(C#N)c(N2CCC(=O)C2)n1. The molecule has 4 heteroatoms. The van der Waals surface area contributed by atoms with E-state index in [1.165, 1.54) is 0 Å². The predicted octanol–water partition coefficient (Wildman–Crippen LogP) is 1.04. The standard InChI is InChI=1S/C11H11N3O/c1-8-2-3-9(6-12)11(13-8)14-5-4-10(15)7-14/h2-3H,4-5,7H2,1H3. The van der Waals surface area contributed by atoms with Gasteiger partial charge in [-0.25, -0.2) is 4.98 Å². The normalized spacial score (nSPS) is 15.5. The molecule has 0 saturated carbocycles. The first-order chi connectivity index (χ1) is 7.20. The van der Waals surface area contributed by atoms with Crippen molar-refractivity contribution in [3.63, 3.8) is 0 Å². The zero-order valence-electron chi connectivity index (χ0n) is 8.53. The smallest absolute Gasteiger partial charge is 0.153 e. The van der Waals surface area contributed by atoms with Crippen LogP contribution in [0.25, 0.3) is 0 Å². The molecule has 0 unspecified atom stereocenters. The number of anilines is 1. The summed E-state index contributed by atoms with van der Waals surface area (Å²) >= 11 is 0. The van der Waals surface area contributed by atoms with Crippen LogP contribution in [0.4, 0.5) is 5.82 Å². The molecule has 15 heavy (non-hydrogen) atoms. The largest absolute Gasteiger partial charge is 0.348 e. The Balaban J connectivity index is 2.38. The first-order valence-electron chi connectivity index (χ1n) is 4.85. The number of hydrogen-bond acceptors (Lipinski definition) is 4. The van der Waals surface area contributed by atoms with E-state index in [1.807, 2.05) is 11.8 Å². The lowest BCUT2D eigenvalue weighted by Crippen LogP contribution is -2.22. The molecule has 1 aromatic rings. The number of nitrogens with zero attached hydrogens (tertiary/aromatic N) is 3. The van der Waals surface area contributed by atoms with E-state index in [2.05, 4.69) is 11.1 Å². The molecule has 76 valence electrons. The number of nitriles is 1. The van der Waals surface area contributed by atoms with Crippen LogP contribution in [0.5, 0.6) is 0 Å². The van der Waals surface area contributed by atoms with E-state index < -0.39 is 0 Å². The highest BCUT2D eigenvalue weighted by atomic mass is 16.1. The average Bonchev–Trinajstić information content (AvgIpc) is 2.65. The molecule has 0 amide bonds. The summed E-state index contributed by atoms with van der Waals surface area (Å²) < 4.78 is 0. The quantitative estimate of drug-likeness (QED) is 0.681. The third kappa shape index (κ3) is 1.82. The lowest BCUT2D eigenvalue weighted by molar-refractivity contribution is -0.116. The van der Waals surface area contributed by atoms with Gasteiger partial charge in [-0.2, -0.15) is 5.26 Å². The predicted molar refractivity (Wildman–Crippen MR) is 55.5 cm³/mol. The molecular formula is C11H11N3O. The van der Waals surface area contributed by atoms with Crippen LogP contribution in [0, 0.1) is 18.3 Å². The molecule has 0 aromatic carbocycles. The maximum Gasteiger partial charge on any atom is 0.153 e. The van der Waals surface area contributed by atoms with Crippen molar-refractivity contribution in [1.29, 1.82) is 5.26 Å². The number of aromatic nitrogens is 1. The van der Waals surface area contributed by atoms with Crippen LogP contribution in [0.3, 0.4) is 0 Å². The summed E-state index contributed by atoms with van der Waals surface area (Å²) in [5, 5.41) is 8.93. The molecule has 0 bridgehead atoms. The number of hydrogen-bond donors (Lipinski definition) is 0. The summed E-state index contributed by atoms with van der Waals surface area (Å²) in [5.74, 6) is 0.852. The molecule has 0 aliphatic carbocycles. The number of carbonyl (C=O) groups is 1. The van der Waals surface area contributed by atoms with E-state index >= 15 is 0 Å². The lowest BCUT2D eigenvalue weighted by atomic mass is 10.2. The Kier molecular flexibility index (Phi) is 2.38. The Morgan fingerprint density at radius 2 is 2.33 bits per heavy atom. The topological polar surface area (TPSA) is 57.0 Å². The zero-order valence-corrected chi connectivity index (χ0v) is 8.53. The third-order valence-corrected chi connectivity index (χ3v) is 2.46. The zero-order chi connectivity index (χ0) is 10.8. The van der Waals surface area contributed by atoms with Gasteiger partial charge in [0.15, 0.2) is 5.78 Å². The van der Waals surface area contributed by atoms with Crippen molar-refractivity contribution in [1.82, 2.24) is 4.98 Å². The van der Waals surface area contributed by atoms with Crippen molar-refractivity contribution in [3.05, 3.63) is 23.4 Å². The van der Waals surface area contributed by atoms with Crippen LogP contribution in [-0.4, -0.2) is 23.9 Å². The summed E-state index contributed by atoms with van der Waals surface area (Å²) in [6.45, 7) is 2.93. The van der Waals surface area contributed by atoms with Crippen LogP contribution in [0.15, 0.2) is 12.1 Å². The molecule has 1 aliphatic heterocycles. The lowest BCUT2D eigenvalue weighted by Gasteiger charge is -2.16. The van der Waals surface area contributed by atoms with Gasteiger partial charge in [0.25, 0.3) is 0 Å². The molecule has 0 N–H and O–H groups in total. The van der Waals surface area contributed by atoms with Gasteiger partial charge in [-0.3, -0.25) is 4.79 Å². The van der Waals surface area contributed by atoms with Crippen LogP contribution in [-0.2, 0) is 4.79 Å². The number of rotatable bonds is 1. The van der Waals surface area contributed by atoms with Crippen LogP contribution in [0.1, 0.15) is 17.7 Å². The Morgan fingerprint density at radius 3 is 2.93 bits per heavy atom. The molecular weight excluding hydrogens is 190 g/mol. The second-order valence-electron chi connectivity index (χ2n) is 3.65. The fourth-order valence-corrected chi connectivity index (χ4v) is 1.68. The van der Waals surface area contributed by atoms with Gasteiger partial charge in [-0.15, -0.1) is 0 Å². The van der Waals surface area contributed by atoms with Gasteiger partial charge in [0, 0.05) is 18.7 Å². The average molecular weight is 201 g/mol. The number of pyridine rings is 1. The van der Waals surface area contributed by atoms with E-state index in [9.17, 15) is 4.79 Å². The number of carbonyl (C=O) groups excluding carboxylic acids is 1. The molecule has 0 spiro atoms. The monoisotopic (exact) mass is 201 g/mol. The van der Waals surface area contributed by atoms with Crippen LogP contribution < -0.4 is 4.90 Å². The molecule has 0 atom stereocenters. The minimum atomic E-state index is 0.210. The Labute approximate surface area is 88.1 Å². The number of ketones is 1. The van der Waals surface area contributed by atoms with Crippen molar-refractivity contribution in [2.45, 2.75) is 13.3 Å². The van der Waals surface area contributed by atoms with Crippen molar-refractivity contribution < 1.29 is 4.79 Å². The first-order valence-corrected chi connectivity index (χ1v) is 4.85. The van der Waals surface area contributed by atoms with Crippen LogP contribution >= 0.6 is 0 Å². The molecule has 1 fully saturated rings. The van der Waals surface area contributed by atoms with Gasteiger partial charge >= 0.3 is 0 Å². The second-order valence-corrected chi connectivity index (χ2v) is 3.65. The molecule has 1 saturated heterocycles. The van der Waals surface area contributed by atoms with Gasteiger partial charge in [0.05, 0.1) is 12.1 Å². The van der Waals surface area contributed by atoms with E-state index in [-0.39, 0.29) is 5.78 Å². The minimum Gasteiger partial charge on any atom is -0.348 e. The van der Waals surface area contributed by atoms with Crippen molar-refractivity contribution in [2.75, 3.05) is 18.0 Å². The van der Waals surface area contributed by atoms with Gasteiger partial charge in [0.1, 0.15) is 11.9 Å². The minimum absolute atomic E-state index is 0.210. The summed E-state index contributed by atoms with van der Waals surface area (Å²) in [5.41, 5.74) is 1.40. The fraction of sp³-hybridized carbons (Fsp3) is 0.364. The highest BCUT2D eigenvalue weighted by molar-refractivity contribution is 5.87. The highest BCUT2D eigenvalue weighted by Gasteiger charge is 2.22. The van der Waals surface area contributed by atoms with Gasteiger partial charge < -0.3 is 4.90 Å². The van der Waals surface area contributed by atoms with Crippen LogP contribution in [0.2, 0.25) is 0 Å². The molecule has 0 radical (unpaired) electrons. The van der Waals surface area contributed by atoms with Crippen molar-refractivity contribution in [3.8, 4) is 6.07 Å². The van der Waals surface area contributed by atoms with Crippen molar-refractivity contribution >= 4 is 11.6 Å². The summed E-state index contributed by atoms with van der Waals surface area (Å²) in [6, 6.07) is 5.66. The summed E-state index contributed by atoms with van der Waals surface area (Å²) in [6.07, 6.45) is 0.556. The van der Waals surface area contributed by atoms with E-state index in [1.54, 1.807) is 12.1 Å². The number of Topliss-reactive ketones (excluding diaryl/α,β-unsaturated/α-hetero) is 1. The Hall–Kier alpha value is -1.89. The van der Waals surface area contributed by atoms with Gasteiger partial charge in [-0.1, -0.05) is 0 Å². The fourth-order valence-electron chi connectivity index (χ4n) is 1.68. The van der Waals surface area contributed by atoms with Gasteiger partial charge in [-0.05, 0) is 19.1 Å². The molecule has 1 aromatic heterocycles. The highest BCUT2D eigenvalue weighted by Crippen LogP contribution is 2.20. The summed E-state index contributed by atoms with van der Waals surface area (Å²) in [7, 11) is 0. The van der Waals surface area contributed by atoms with E-state index in [0.717, 1.165) is 5.69 Å². The molecule has 1 aliphatic rings. The number of aryl methyl sites for hydroxylation is 1. The maximum atomic E-state index is 11.2. The first kappa shape index (κ1) is 9.66. The van der Waals surface area contributed by atoms with E-state index in [0.29, 0.717) is 30.9 Å². The van der Waals surface area contributed by atoms with E-state index in [4.69, 9.17) is 5.26 Å². The third-order valence-electron chi connectivity index (χ3n) is 2.46. The molecule has 2 heterocycles.